The molecule has 0 radical (unpaired) electrons. The van der Waals surface area contributed by atoms with Crippen LogP contribution in [-0.2, 0) is 4.74 Å². The molecule has 0 aliphatic carbocycles. The fraction of sp³-hybridized carbons (Fsp3) is 1.00. The third-order valence-electron chi connectivity index (χ3n) is 3.77. The normalized spacial score (nSPS) is 13.1. The number of nitrogens with one attached hydrogen (secondary N) is 2. The van der Waals surface area contributed by atoms with Crippen molar-refractivity contribution in [1.29, 1.82) is 0 Å². The average Bonchev–Trinajstić information content (AvgIpc) is 2.27. The lowest BCUT2D eigenvalue weighted by Gasteiger charge is -2.45. The maximum absolute atomic E-state index is 5.32. The maximum atomic E-state index is 5.32. The molecule has 0 bridgehead atoms. The summed E-state index contributed by atoms with van der Waals surface area (Å²) < 4.78 is 5.32. The molecule has 0 aromatic carbocycles. The number of hydrogen-bond donors (Lipinski definition) is 2. The molecule has 0 atom stereocenters. The minimum atomic E-state index is 0.165. The summed E-state index contributed by atoms with van der Waals surface area (Å²) in [6.07, 6.45) is 3.31. The first kappa shape index (κ1) is 16.9. The highest BCUT2D eigenvalue weighted by atomic mass is 16.5. The Kier molecular flexibility index (Phi) is 8.01. The molecule has 0 aromatic rings. The van der Waals surface area contributed by atoms with Gasteiger partial charge in [-0.3, -0.25) is 10.9 Å². The van der Waals surface area contributed by atoms with Crippen molar-refractivity contribution >= 4 is 0 Å². The topological polar surface area (TPSA) is 33.3 Å². The van der Waals surface area contributed by atoms with Crippen LogP contribution in [0.1, 0.15) is 60.8 Å². The Hall–Kier alpha value is -0.120. The minimum absolute atomic E-state index is 0.165. The molecule has 0 fully saturated rings. The summed E-state index contributed by atoms with van der Waals surface area (Å²) in [5, 5.41) is 0. The predicted octanol–water partition coefficient (Wildman–Crippen LogP) is 3.11. The molecule has 0 aliphatic rings. The molecule has 0 aromatic heterocycles. The van der Waals surface area contributed by atoms with E-state index in [2.05, 4.69) is 45.5 Å². The van der Waals surface area contributed by atoms with Gasteiger partial charge in [0.15, 0.2) is 0 Å². The van der Waals surface area contributed by atoms with Crippen molar-refractivity contribution in [3.63, 3.8) is 0 Å². The van der Waals surface area contributed by atoms with Crippen LogP contribution < -0.4 is 10.9 Å². The Morgan fingerprint density at radius 3 is 2.00 bits per heavy atom. The molecule has 0 heterocycles. The van der Waals surface area contributed by atoms with Crippen molar-refractivity contribution < 1.29 is 4.74 Å². The molecular weight excluding hydrogens is 212 g/mol. The van der Waals surface area contributed by atoms with Gasteiger partial charge in [-0.2, -0.15) is 0 Å². The van der Waals surface area contributed by atoms with E-state index in [4.69, 9.17) is 4.74 Å². The minimum Gasteiger partial charge on any atom is -0.382 e. The predicted molar refractivity (Wildman–Crippen MR) is 75.0 cm³/mol. The largest absolute Gasteiger partial charge is 0.382 e. The second-order valence-electron chi connectivity index (χ2n) is 5.64. The SMILES string of the molecule is CCOCCCNNC(CC)(CC)C(C)(C)C. The fourth-order valence-electron chi connectivity index (χ4n) is 2.31. The molecule has 2 N–H and O–H groups in total. The van der Waals surface area contributed by atoms with Gasteiger partial charge in [0.2, 0.25) is 0 Å². The Bertz CT molecular complexity index is 183. The zero-order valence-electron chi connectivity index (χ0n) is 12.7. The van der Waals surface area contributed by atoms with Crippen molar-refractivity contribution in [2.45, 2.75) is 66.3 Å². The van der Waals surface area contributed by atoms with E-state index in [1.807, 2.05) is 6.92 Å². The highest BCUT2D eigenvalue weighted by Gasteiger charge is 2.38. The van der Waals surface area contributed by atoms with Crippen LogP contribution in [0.3, 0.4) is 0 Å². The van der Waals surface area contributed by atoms with Crippen LogP contribution in [0.15, 0.2) is 0 Å². The maximum Gasteiger partial charge on any atom is 0.0478 e. The van der Waals surface area contributed by atoms with E-state index in [1.54, 1.807) is 0 Å². The van der Waals surface area contributed by atoms with Crippen molar-refractivity contribution in [1.82, 2.24) is 10.9 Å². The molecule has 0 saturated carbocycles. The summed E-state index contributed by atoms with van der Waals surface area (Å²) in [6.45, 7) is 16.0. The molecule has 0 spiro atoms. The highest BCUT2D eigenvalue weighted by molar-refractivity contribution is 4.94. The lowest BCUT2D eigenvalue weighted by Crippen LogP contribution is -2.59. The van der Waals surface area contributed by atoms with Crippen LogP contribution >= 0.6 is 0 Å². The average molecular weight is 244 g/mol. The van der Waals surface area contributed by atoms with Gasteiger partial charge in [0.25, 0.3) is 0 Å². The molecular formula is C14H32N2O. The lowest BCUT2D eigenvalue weighted by molar-refractivity contribution is 0.0998. The zero-order chi connectivity index (χ0) is 13.4. The Morgan fingerprint density at radius 2 is 1.59 bits per heavy atom. The molecule has 0 rings (SSSR count). The number of ether oxygens (including phenoxy) is 1. The molecule has 0 aliphatic heterocycles. The van der Waals surface area contributed by atoms with E-state index < -0.39 is 0 Å². The van der Waals surface area contributed by atoms with E-state index in [0.717, 1.165) is 39.0 Å². The second-order valence-corrected chi connectivity index (χ2v) is 5.64. The van der Waals surface area contributed by atoms with E-state index in [1.165, 1.54) is 0 Å². The number of rotatable bonds is 9. The van der Waals surface area contributed by atoms with Crippen molar-refractivity contribution in [3.8, 4) is 0 Å². The van der Waals surface area contributed by atoms with Crippen LogP contribution in [0.2, 0.25) is 0 Å². The van der Waals surface area contributed by atoms with E-state index in [0.29, 0.717) is 0 Å². The van der Waals surface area contributed by atoms with Crippen LogP contribution in [0.25, 0.3) is 0 Å². The monoisotopic (exact) mass is 244 g/mol. The molecule has 0 saturated heterocycles. The van der Waals surface area contributed by atoms with Crippen molar-refractivity contribution in [3.05, 3.63) is 0 Å². The van der Waals surface area contributed by atoms with Gasteiger partial charge in [-0.1, -0.05) is 34.6 Å². The first-order valence-corrected chi connectivity index (χ1v) is 7.01. The standard InChI is InChI=1S/C14H32N2O/c1-7-14(8-2,13(4,5)6)16-15-11-10-12-17-9-3/h15-16H,7-12H2,1-6H3. The molecule has 3 nitrogen and oxygen atoms in total. The third kappa shape index (κ3) is 5.36. The van der Waals surface area contributed by atoms with Crippen molar-refractivity contribution in [2.75, 3.05) is 19.8 Å². The summed E-state index contributed by atoms with van der Waals surface area (Å²) >= 11 is 0. The Morgan fingerprint density at radius 1 is 1.00 bits per heavy atom. The molecule has 17 heavy (non-hydrogen) atoms. The summed E-state index contributed by atoms with van der Waals surface area (Å²) in [4.78, 5) is 0. The van der Waals surface area contributed by atoms with E-state index in [9.17, 15) is 0 Å². The van der Waals surface area contributed by atoms with Gasteiger partial charge in [0, 0.05) is 25.3 Å². The molecule has 0 unspecified atom stereocenters. The fourth-order valence-corrected chi connectivity index (χ4v) is 2.31. The number of hydrazine groups is 1. The Labute approximate surface area is 108 Å². The highest BCUT2D eigenvalue weighted by Crippen LogP contribution is 2.35. The summed E-state index contributed by atoms with van der Waals surface area (Å²) in [7, 11) is 0. The summed E-state index contributed by atoms with van der Waals surface area (Å²) in [5.41, 5.74) is 7.33. The number of hydrogen-bond acceptors (Lipinski definition) is 3. The van der Waals surface area contributed by atoms with Gasteiger partial charge in [-0.05, 0) is 31.6 Å². The Balaban J connectivity index is 4.02. The molecule has 3 heteroatoms. The summed E-state index contributed by atoms with van der Waals surface area (Å²) in [5.74, 6) is 0. The first-order chi connectivity index (χ1) is 7.93. The lowest BCUT2D eigenvalue weighted by atomic mass is 9.70. The van der Waals surface area contributed by atoms with Crippen LogP contribution in [0, 0.1) is 5.41 Å². The summed E-state index contributed by atoms with van der Waals surface area (Å²) in [6, 6.07) is 0. The van der Waals surface area contributed by atoms with Crippen LogP contribution in [0.5, 0.6) is 0 Å². The van der Waals surface area contributed by atoms with Gasteiger partial charge in [-0.25, -0.2) is 0 Å². The smallest absolute Gasteiger partial charge is 0.0478 e. The van der Waals surface area contributed by atoms with Gasteiger partial charge in [0.1, 0.15) is 0 Å². The third-order valence-corrected chi connectivity index (χ3v) is 3.77. The molecule has 0 amide bonds. The van der Waals surface area contributed by atoms with Gasteiger partial charge in [0.05, 0.1) is 0 Å². The van der Waals surface area contributed by atoms with E-state index in [-0.39, 0.29) is 11.0 Å². The van der Waals surface area contributed by atoms with Crippen molar-refractivity contribution in [2.24, 2.45) is 5.41 Å². The van der Waals surface area contributed by atoms with Crippen LogP contribution in [-0.4, -0.2) is 25.3 Å². The van der Waals surface area contributed by atoms with Gasteiger partial charge < -0.3 is 4.74 Å². The first-order valence-electron chi connectivity index (χ1n) is 7.01. The zero-order valence-corrected chi connectivity index (χ0v) is 12.7. The second kappa shape index (κ2) is 8.06. The van der Waals surface area contributed by atoms with Crippen LogP contribution in [0.4, 0.5) is 0 Å². The van der Waals surface area contributed by atoms with Gasteiger partial charge >= 0.3 is 0 Å². The quantitative estimate of drug-likeness (QED) is 0.483. The van der Waals surface area contributed by atoms with Gasteiger partial charge in [-0.15, -0.1) is 0 Å². The molecule has 104 valence electrons. The van der Waals surface area contributed by atoms with E-state index >= 15 is 0 Å².